The normalized spacial score (nSPS) is 26.3. The maximum atomic E-state index is 10.7. The first kappa shape index (κ1) is 9.79. The van der Waals surface area contributed by atoms with Crippen LogP contribution in [0, 0.1) is 17.2 Å². The summed E-state index contributed by atoms with van der Waals surface area (Å²) in [4.78, 5) is 10.7. The van der Waals surface area contributed by atoms with E-state index in [1.54, 1.807) is 6.07 Å². The molecule has 0 aromatic carbocycles. The Balaban J connectivity index is 2.98. The zero-order chi connectivity index (χ0) is 9.84. The molecule has 1 saturated carbocycles. The van der Waals surface area contributed by atoms with Crippen molar-refractivity contribution in [2.45, 2.75) is 32.6 Å². The van der Waals surface area contributed by atoms with Gasteiger partial charge in [0.05, 0.1) is 0 Å². The molecule has 0 saturated heterocycles. The van der Waals surface area contributed by atoms with E-state index < -0.39 is 5.97 Å². The fourth-order valence-electron chi connectivity index (χ4n) is 1.81. The van der Waals surface area contributed by atoms with E-state index in [4.69, 9.17) is 10.4 Å². The first-order chi connectivity index (χ1) is 6.16. The van der Waals surface area contributed by atoms with Crippen LogP contribution in [0.15, 0.2) is 11.1 Å². The van der Waals surface area contributed by atoms with Gasteiger partial charge in [0.2, 0.25) is 0 Å². The molecular formula is C10H13NO2. The summed E-state index contributed by atoms with van der Waals surface area (Å²) >= 11 is 0. The van der Waals surface area contributed by atoms with Crippen LogP contribution in [-0.4, -0.2) is 11.1 Å². The van der Waals surface area contributed by atoms with E-state index in [0.717, 1.165) is 31.3 Å². The van der Waals surface area contributed by atoms with Crippen LogP contribution in [0.25, 0.3) is 0 Å². The number of carboxylic acid groups (broad SMARTS) is 1. The minimum Gasteiger partial charge on any atom is -0.477 e. The first-order valence-electron chi connectivity index (χ1n) is 4.53. The minimum absolute atomic E-state index is 0.0350. The summed E-state index contributed by atoms with van der Waals surface area (Å²) in [5, 5.41) is 17.4. The number of nitriles is 1. The van der Waals surface area contributed by atoms with Crippen LogP contribution in [0.5, 0.6) is 0 Å². The third-order valence-corrected chi connectivity index (χ3v) is 2.57. The molecule has 0 amide bonds. The average molecular weight is 179 g/mol. The first-order valence-corrected chi connectivity index (χ1v) is 4.53. The molecule has 3 nitrogen and oxygen atoms in total. The molecular weight excluding hydrogens is 166 g/mol. The van der Waals surface area contributed by atoms with Gasteiger partial charge in [-0.25, -0.2) is 4.79 Å². The van der Waals surface area contributed by atoms with E-state index in [2.05, 4.69) is 0 Å². The molecule has 0 aromatic heterocycles. The van der Waals surface area contributed by atoms with Crippen LogP contribution in [0.1, 0.15) is 32.6 Å². The molecule has 0 heterocycles. The van der Waals surface area contributed by atoms with Gasteiger partial charge in [-0.15, -0.1) is 0 Å². The molecule has 1 aliphatic rings. The molecule has 0 spiro atoms. The molecule has 0 aliphatic heterocycles. The minimum atomic E-state index is -1.08. The second-order valence-corrected chi connectivity index (χ2v) is 3.46. The molecule has 1 unspecified atom stereocenters. The lowest BCUT2D eigenvalue weighted by atomic mass is 9.83. The molecule has 1 rings (SSSR count). The Labute approximate surface area is 77.7 Å². The predicted octanol–water partition coefficient (Wildman–Crippen LogP) is 2.10. The monoisotopic (exact) mass is 179 g/mol. The van der Waals surface area contributed by atoms with Gasteiger partial charge < -0.3 is 5.11 Å². The lowest BCUT2D eigenvalue weighted by molar-refractivity contribution is -0.132. The molecule has 13 heavy (non-hydrogen) atoms. The molecule has 1 aliphatic carbocycles. The lowest BCUT2D eigenvalue weighted by Crippen LogP contribution is -2.12. The zero-order valence-electron chi connectivity index (χ0n) is 7.71. The highest BCUT2D eigenvalue weighted by molar-refractivity contribution is 5.92. The van der Waals surface area contributed by atoms with Gasteiger partial charge in [-0.2, -0.15) is 5.26 Å². The Morgan fingerprint density at radius 3 is 2.77 bits per heavy atom. The number of rotatable bonds is 1. The third kappa shape index (κ3) is 2.09. The highest BCUT2D eigenvalue weighted by Crippen LogP contribution is 2.31. The Morgan fingerprint density at radius 1 is 1.62 bits per heavy atom. The number of hydrogen-bond donors (Lipinski definition) is 1. The van der Waals surface area contributed by atoms with E-state index in [1.165, 1.54) is 0 Å². The molecule has 0 bridgehead atoms. The van der Waals surface area contributed by atoms with Gasteiger partial charge in [-0.1, -0.05) is 13.3 Å². The van der Waals surface area contributed by atoms with Gasteiger partial charge in [0.15, 0.2) is 0 Å². The van der Waals surface area contributed by atoms with Gasteiger partial charge in [0.1, 0.15) is 11.6 Å². The van der Waals surface area contributed by atoms with Gasteiger partial charge >= 0.3 is 5.97 Å². The maximum absolute atomic E-state index is 10.7. The SMILES string of the molecule is CC1CCCC/C1=C(\C#N)C(=O)O. The fourth-order valence-corrected chi connectivity index (χ4v) is 1.81. The number of carboxylic acids is 1. The van der Waals surface area contributed by atoms with Crippen LogP contribution in [0.4, 0.5) is 0 Å². The van der Waals surface area contributed by atoms with Crippen molar-refractivity contribution < 1.29 is 9.90 Å². The number of allylic oxidation sites excluding steroid dienone is 1. The van der Waals surface area contributed by atoms with Gasteiger partial charge in [-0.05, 0) is 30.8 Å². The van der Waals surface area contributed by atoms with E-state index in [1.807, 2.05) is 6.92 Å². The van der Waals surface area contributed by atoms with Gasteiger partial charge in [0, 0.05) is 0 Å². The highest BCUT2D eigenvalue weighted by atomic mass is 16.4. The average Bonchev–Trinajstić information content (AvgIpc) is 2.09. The van der Waals surface area contributed by atoms with E-state index in [0.29, 0.717) is 0 Å². The maximum Gasteiger partial charge on any atom is 0.346 e. The smallest absolute Gasteiger partial charge is 0.346 e. The van der Waals surface area contributed by atoms with Gasteiger partial charge in [0.25, 0.3) is 0 Å². The Hall–Kier alpha value is -1.30. The summed E-state index contributed by atoms with van der Waals surface area (Å²) in [7, 11) is 0. The summed E-state index contributed by atoms with van der Waals surface area (Å²) in [6, 6.07) is 1.78. The molecule has 0 radical (unpaired) electrons. The zero-order valence-corrected chi connectivity index (χ0v) is 7.71. The quantitative estimate of drug-likeness (QED) is 0.495. The van der Waals surface area contributed by atoms with Gasteiger partial charge in [-0.3, -0.25) is 0 Å². The number of carbonyl (C=O) groups is 1. The van der Waals surface area contributed by atoms with Crippen LogP contribution in [0.3, 0.4) is 0 Å². The van der Waals surface area contributed by atoms with Crippen molar-refractivity contribution in [2.24, 2.45) is 5.92 Å². The number of aliphatic carboxylic acids is 1. The molecule has 1 N–H and O–H groups in total. The van der Waals surface area contributed by atoms with Crippen LogP contribution in [-0.2, 0) is 4.79 Å². The van der Waals surface area contributed by atoms with Crippen molar-refractivity contribution in [3.05, 3.63) is 11.1 Å². The summed E-state index contributed by atoms with van der Waals surface area (Å²) < 4.78 is 0. The second-order valence-electron chi connectivity index (χ2n) is 3.46. The Bertz CT molecular complexity index is 286. The molecule has 1 fully saturated rings. The molecule has 3 heteroatoms. The van der Waals surface area contributed by atoms with Crippen LogP contribution >= 0.6 is 0 Å². The molecule has 0 aromatic rings. The summed E-state index contributed by atoms with van der Waals surface area (Å²) in [5.74, 6) is -0.814. The van der Waals surface area contributed by atoms with E-state index >= 15 is 0 Å². The van der Waals surface area contributed by atoms with Crippen LogP contribution in [0.2, 0.25) is 0 Å². The predicted molar refractivity (Wildman–Crippen MR) is 47.9 cm³/mol. The van der Waals surface area contributed by atoms with Crippen molar-refractivity contribution in [1.82, 2.24) is 0 Å². The largest absolute Gasteiger partial charge is 0.477 e. The molecule has 1 atom stereocenters. The molecule has 70 valence electrons. The van der Waals surface area contributed by atoms with Crippen molar-refractivity contribution >= 4 is 5.97 Å². The summed E-state index contributed by atoms with van der Waals surface area (Å²) in [5.41, 5.74) is 0.799. The highest BCUT2D eigenvalue weighted by Gasteiger charge is 2.21. The van der Waals surface area contributed by atoms with Crippen LogP contribution < -0.4 is 0 Å². The second kappa shape index (κ2) is 4.08. The third-order valence-electron chi connectivity index (χ3n) is 2.57. The Morgan fingerprint density at radius 2 is 2.31 bits per heavy atom. The van der Waals surface area contributed by atoms with Crippen molar-refractivity contribution in [2.75, 3.05) is 0 Å². The number of nitrogens with zero attached hydrogens (tertiary/aromatic N) is 1. The number of hydrogen-bond acceptors (Lipinski definition) is 2. The standard InChI is InChI=1S/C10H13NO2/c1-7-4-2-3-5-8(7)9(6-11)10(12)13/h7H,2-5H2,1H3,(H,12,13)/b9-8-. The topological polar surface area (TPSA) is 61.1 Å². The van der Waals surface area contributed by atoms with Crippen molar-refractivity contribution in [3.8, 4) is 6.07 Å². The lowest BCUT2D eigenvalue weighted by Gasteiger charge is -2.21. The fraction of sp³-hybridized carbons (Fsp3) is 0.600. The summed E-state index contributed by atoms with van der Waals surface area (Å²) in [6.07, 6.45) is 3.94. The summed E-state index contributed by atoms with van der Waals surface area (Å²) in [6.45, 7) is 1.99. The van der Waals surface area contributed by atoms with E-state index in [-0.39, 0.29) is 11.5 Å². The van der Waals surface area contributed by atoms with E-state index in [9.17, 15) is 4.79 Å². The Kier molecular flexibility index (Phi) is 3.07. The van der Waals surface area contributed by atoms with Crippen molar-refractivity contribution in [1.29, 1.82) is 5.26 Å². The van der Waals surface area contributed by atoms with Crippen molar-refractivity contribution in [3.63, 3.8) is 0 Å².